The van der Waals surface area contributed by atoms with Gasteiger partial charge in [-0.15, -0.1) is 0 Å². The molecule has 1 saturated heterocycles. The van der Waals surface area contributed by atoms with E-state index < -0.39 is 47.3 Å². The molecule has 3 saturated carbocycles. The maximum Gasteiger partial charge on any atom is 0.315 e. The van der Waals surface area contributed by atoms with Gasteiger partial charge in [0.05, 0.1) is 6.04 Å². The van der Waals surface area contributed by atoms with E-state index in [4.69, 9.17) is 5.73 Å². The number of Topliss-reactive ketones (excluding diaryl/α,β-unsaturated/α-hetero) is 1. The molecule has 0 bridgehead atoms. The van der Waals surface area contributed by atoms with Crippen LogP contribution in [0.4, 0.5) is 4.79 Å². The minimum Gasteiger partial charge on any atom is -0.363 e. The number of fused-ring (bicyclic) bond motifs is 1. The molecule has 40 heavy (non-hydrogen) atoms. The highest BCUT2D eigenvalue weighted by atomic mass is 16.2. The third-order valence-electron chi connectivity index (χ3n) is 9.84. The maximum atomic E-state index is 14.2. The van der Waals surface area contributed by atoms with E-state index >= 15 is 0 Å². The van der Waals surface area contributed by atoms with Gasteiger partial charge in [-0.05, 0) is 69.1 Å². The van der Waals surface area contributed by atoms with Gasteiger partial charge in [-0.25, -0.2) is 4.79 Å². The van der Waals surface area contributed by atoms with Crippen LogP contribution >= 0.6 is 0 Å². The third-order valence-corrected chi connectivity index (χ3v) is 9.84. The van der Waals surface area contributed by atoms with Crippen LogP contribution in [0.1, 0.15) is 98.8 Å². The predicted octanol–water partition coefficient (Wildman–Crippen LogP) is 2.64. The Bertz CT molecular complexity index is 1010. The van der Waals surface area contributed by atoms with Gasteiger partial charge in [0.25, 0.3) is 5.91 Å². The van der Waals surface area contributed by atoms with Crippen LogP contribution in [-0.4, -0.2) is 64.6 Å². The standard InChI is InChI=1S/C30H49N5O5/c1-29(2,3)34-28(40)33-22(18-13-7-6-8-14-18)27(39)35-16-19-21(30(19,4)5)23(35)26(38)32-20(24(36)25(31)37)15-17-11-9-10-12-17/h17-23H,6-16H2,1-5H3,(H2,31,37)(H,32,38)(H2,33,34,40)/t19-,20?,21-,22-,23-/m0/s1. The molecule has 1 heterocycles. The predicted molar refractivity (Wildman–Crippen MR) is 151 cm³/mol. The number of nitrogens with zero attached hydrogens (tertiary/aromatic N) is 1. The molecule has 4 rings (SSSR count). The van der Waals surface area contributed by atoms with Gasteiger partial charge in [-0.1, -0.05) is 58.8 Å². The molecule has 1 aliphatic heterocycles. The molecule has 0 aromatic heterocycles. The summed E-state index contributed by atoms with van der Waals surface area (Å²) in [4.78, 5) is 67.2. The summed E-state index contributed by atoms with van der Waals surface area (Å²) in [5.74, 6) is -2.15. The van der Waals surface area contributed by atoms with Gasteiger partial charge in [0.1, 0.15) is 12.1 Å². The number of carbonyl (C=O) groups excluding carboxylic acids is 5. The average Bonchev–Trinajstić information content (AvgIpc) is 3.31. The zero-order valence-corrected chi connectivity index (χ0v) is 24.9. The summed E-state index contributed by atoms with van der Waals surface area (Å²) in [5, 5.41) is 8.72. The van der Waals surface area contributed by atoms with Crippen molar-refractivity contribution in [3.05, 3.63) is 0 Å². The van der Waals surface area contributed by atoms with E-state index in [1.54, 1.807) is 4.90 Å². The van der Waals surface area contributed by atoms with Crippen molar-refractivity contribution < 1.29 is 24.0 Å². The largest absolute Gasteiger partial charge is 0.363 e. The molecule has 0 radical (unpaired) electrons. The maximum absolute atomic E-state index is 14.2. The van der Waals surface area contributed by atoms with Crippen LogP contribution in [0.5, 0.6) is 0 Å². The number of piperidine rings is 1. The third kappa shape index (κ3) is 6.62. The molecule has 5 amide bonds. The molecule has 4 fully saturated rings. The van der Waals surface area contributed by atoms with Gasteiger partial charge in [0.2, 0.25) is 17.6 Å². The first-order chi connectivity index (χ1) is 18.7. The lowest BCUT2D eigenvalue weighted by molar-refractivity contribution is -0.144. The second-order valence-electron chi connectivity index (χ2n) is 14.3. The number of ketones is 1. The van der Waals surface area contributed by atoms with Crippen molar-refractivity contribution in [3.63, 3.8) is 0 Å². The summed E-state index contributed by atoms with van der Waals surface area (Å²) in [6.45, 7) is 10.3. The molecule has 10 heteroatoms. The number of nitrogens with two attached hydrogens (primary N) is 1. The first-order valence-corrected chi connectivity index (χ1v) is 15.2. The molecule has 4 aliphatic rings. The quantitative estimate of drug-likeness (QED) is 0.320. The van der Waals surface area contributed by atoms with Crippen LogP contribution in [0.2, 0.25) is 0 Å². The van der Waals surface area contributed by atoms with E-state index in [1.807, 2.05) is 20.8 Å². The molecule has 3 aliphatic carbocycles. The summed E-state index contributed by atoms with van der Waals surface area (Å²) in [6.07, 6.45) is 9.20. The highest BCUT2D eigenvalue weighted by molar-refractivity contribution is 6.37. The van der Waals surface area contributed by atoms with Crippen molar-refractivity contribution in [2.45, 2.75) is 122 Å². The van der Waals surface area contributed by atoms with Crippen molar-refractivity contribution in [3.8, 4) is 0 Å². The SMILES string of the molecule is CC(C)(C)NC(=O)N[C@H](C(=O)N1C[C@H]2[C@@H]([C@H]1C(=O)NC(CC1CCCC1)C(=O)C(N)=O)C2(C)C)C1CCCCC1. The highest BCUT2D eigenvalue weighted by Crippen LogP contribution is 2.65. The van der Waals surface area contributed by atoms with Crippen molar-refractivity contribution >= 4 is 29.5 Å². The summed E-state index contributed by atoms with van der Waals surface area (Å²) in [7, 11) is 0. The second-order valence-corrected chi connectivity index (χ2v) is 14.3. The molecule has 5 N–H and O–H groups in total. The van der Waals surface area contributed by atoms with Gasteiger partial charge in [-0.3, -0.25) is 19.2 Å². The van der Waals surface area contributed by atoms with Crippen molar-refractivity contribution in [1.82, 2.24) is 20.9 Å². The molecule has 1 unspecified atom stereocenters. The lowest BCUT2D eigenvalue weighted by Gasteiger charge is -2.37. The number of hydrogen-bond donors (Lipinski definition) is 4. The second kappa shape index (κ2) is 11.7. The van der Waals surface area contributed by atoms with Crippen LogP contribution < -0.4 is 21.7 Å². The van der Waals surface area contributed by atoms with E-state index in [1.165, 1.54) is 0 Å². The zero-order chi connectivity index (χ0) is 29.4. The molecule has 224 valence electrons. The normalized spacial score (nSPS) is 27.8. The number of likely N-dealkylation sites (tertiary alicyclic amines) is 1. The van der Waals surface area contributed by atoms with Crippen LogP contribution in [0.3, 0.4) is 0 Å². The van der Waals surface area contributed by atoms with Gasteiger partial charge in [-0.2, -0.15) is 0 Å². The number of carbonyl (C=O) groups is 5. The van der Waals surface area contributed by atoms with Crippen LogP contribution in [-0.2, 0) is 19.2 Å². The topological polar surface area (TPSA) is 151 Å². The van der Waals surface area contributed by atoms with E-state index in [0.717, 1.165) is 57.8 Å². The fourth-order valence-corrected chi connectivity index (χ4v) is 7.60. The Hall–Kier alpha value is -2.65. The minimum atomic E-state index is -1.06. The van der Waals surface area contributed by atoms with E-state index in [9.17, 15) is 24.0 Å². The summed E-state index contributed by atoms with van der Waals surface area (Å²) >= 11 is 0. The highest BCUT2D eigenvalue weighted by Gasteiger charge is 2.69. The van der Waals surface area contributed by atoms with Gasteiger partial charge in [0, 0.05) is 12.1 Å². The number of urea groups is 1. The van der Waals surface area contributed by atoms with Crippen molar-refractivity contribution in [1.29, 1.82) is 0 Å². The van der Waals surface area contributed by atoms with Gasteiger partial charge < -0.3 is 26.6 Å². The number of primary amides is 1. The molecule has 10 nitrogen and oxygen atoms in total. The van der Waals surface area contributed by atoms with E-state index in [-0.39, 0.29) is 35.0 Å². The molecular weight excluding hydrogens is 510 g/mol. The zero-order valence-electron chi connectivity index (χ0n) is 24.9. The van der Waals surface area contributed by atoms with Gasteiger partial charge >= 0.3 is 6.03 Å². The molecule has 0 spiro atoms. The smallest absolute Gasteiger partial charge is 0.315 e. The number of hydrogen-bond acceptors (Lipinski definition) is 5. The van der Waals surface area contributed by atoms with Crippen LogP contribution in [0.15, 0.2) is 0 Å². The summed E-state index contributed by atoms with van der Waals surface area (Å²) in [6, 6.07) is -2.89. The van der Waals surface area contributed by atoms with Crippen molar-refractivity contribution in [2.75, 3.05) is 6.54 Å². The molecule has 0 aromatic rings. The number of nitrogens with one attached hydrogen (secondary N) is 3. The Morgan fingerprint density at radius 1 is 0.925 bits per heavy atom. The molecular formula is C30H49N5O5. The Labute approximate surface area is 238 Å². The molecule has 0 aromatic carbocycles. The fraction of sp³-hybridized carbons (Fsp3) is 0.833. The number of rotatable bonds is 9. The fourth-order valence-electron chi connectivity index (χ4n) is 7.60. The lowest BCUT2D eigenvalue weighted by Crippen LogP contribution is -2.61. The first-order valence-electron chi connectivity index (χ1n) is 15.2. The lowest BCUT2D eigenvalue weighted by atomic mass is 9.83. The van der Waals surface area contributed by atoms with Gasteiger partial charge in [0.15, 0.2) is 0 Å². The Morgan fingerprint density at radius 2 is 1.52 bits per heavy atom. The first kappa shape index (κ1) is 30.3. The summed E-state index contributed by atoms with van der Waals surface area (Å²) in [5.41, 5.74) is 4.77. The number of amides is 5. The van der Waals surface area contributed by atoms with E-state index in [0.29, 0.717) is 13.0 Å². The van der Waals surface area contributed by atoms with E-state index in [2.05, 4.69) is 29.8 Å². The average molecular weight is 560 g/mol. The van der Waals surface area contributed by atoms with Crippen LogP contribution in [0.25, 0.3) is 0 Å². The Kier molecular flexibility index (Phi) is 8.85. The van der Waals surface area contributed by atoms with Crippen molar-refractivity contribution in [2.24, 2.45) is 34.8 Å². The monoisotopic (exact) mass is 559 g/mol. The van der Waals surface area contributed by atoms with Crippen LogP contribution in [0, 0.1) is 29.1 Å². The minimum absolute atomic E-state index is 0.00725. The summed E-state index contributed by atoms with van der Waals surface area (Å²) < 4.78 is 0. The molecule has 5 atom stereocenters. The Balaban J connectivity index is 1.56. The Morgan fingerprint density at radius 3 is 2.10 bits per heavy atom.